The van der Waals surface area contributed by atoms with Crippen molar-refractivity contribution >= 4 is 44.5 Å². The average Bonchev–Trinajstić information content (AvgIpc) is 3.28. The number of hydrogen-bond donors (Lipinski definition) is 0. The molecule has 0 saturated carbocycles. The van der Waals surface area contributed by atoms with Gasteiger partial charge in [0.15, 0.2) is 5.13 Å². The number of fused-ring (bicyclic) bond motifs is 1. The topological polar surface area (TPSA) is 49.3 Å². The summed E-state index contributed by atoms with van der Waals surface area (Å²) in [5.41, 5.74) is 2.99. The van der Waals surface area contributed by atoms with Crippen molar-refractivity contribution in [3.05, 3.63) is 84.1 Å². The summed E-state index contributed by atoms with van der Waals surface area (Å²) in [5, 5.41) is 0.987. The van der Waals surface area contributed by atoms with Crippen LogP contribution >= 0.6 is 23.1 Å². The van der Waals surface area contributed by atoms with Crippen LogP contribution in [0.4, 0.5) is 5.13 Å². The van der Waals surface area contributed by atoms with Gasteiger partial charge in [-0.15, -0.1) is 11.8 Å². The number of carbonyl (C=O) groups excluding carboxylic acids is 1. The minimum Gasteiger partial charge on any atom is -0.344 e. The van der Waals surface area contributed by atoms with Crippen LogP contribution in [0.15, 0.2) is 77.8 Å². The quantitative estimate of drug-likeness (QED) is 0.406. The Balaban J connectivity index is 1.17. The van der Waals surface area contributed by atoms with Crippen LogP contribution in [0.25, 0.3) is 10.3 Å². The van der Waals surface area contributed by atoms with Crippen LogP contribution in [0.3, 0.4) is 0 Å². The van der Waals surface area contributed by atoms with Gasteiger partial charge in [0.05, 0.1) is 0 Å². The lowest BCUT2D eigenvalue weighted by atomic mass is 10.2. The molecule has 1 aliphatic rings. The van der Waals surface area contributed by atoms with E-state index in [0.717, 1.165) is 39.9 Å². The highest BCUT2D eigenvalue weighted by Gasteiger charge is 2.24. The maximum atomic E-state index is 13.0. The number of nitrogens with zero attached hydrogens (tertiary/aromatic N) is 4. The molecule has 0 unspecified atom stereocenters. The molecular weight excluding hydrogens is 424 g/mol. The van der Waals surface area contributed by atoms with Gasteiger partial charge in [0.25, 0.3) is 5.91 Å². The lowest BCUT2D eigenvalue weighted by molar-refractivity contribution is 0.0746. The molecule has 5 nitrogen and oxygen atoms in total. The Morgan fingerprint density at radius 3 is 2.45 bits per heavy atom. The predicted octanol–water partition coefficient (Wildman–Crippen LogP) is 4.95. The van der Waals surface area contributed by atoms with E-state index < -0.39 is 0 Å². The van der Waals surface area contributed by atoms with Crippen LogP contribution in [-0.2, 0) is 5.75 Å². The first-order valence-corrected chi connectivity index (χ1v) is 12.1. The third-order valence-electron chi connectivity index (χ3n) is 5.34. The Morgan fingerprint density at radius 2 is 1.71 bits per heavy atom. The molecule has 5 rings (SSSR count). The summed E-state index contributed by atoms with van der Waals surface area (Å²) < 4.78 is 0. The summed E-state index contributed by atoms with van der Waals surface area (Å²) in [7, 11) is 0. The van der Waals surface area contributed by atoms with Crippen LogP contribution in [-0.4, -0.2) is 47.0 Å². The molecule has 0 bridgehead atoms. The van der Waals surface area contributed by atoms with Crippen molar-refractivity contribution in [2.75, 3.05) is 31.1 Å². The smallest absolute Gasteiger partial charge is 0.253 e. The molecule has 1 amide bonds. The van der Waals surface area contributed by atoms with Crippen molar-refractivity contribution in [1.29, 1.82) is 0 Å². The average molecular weight is 447 g/mol. The fourth-order valence-corrected chi connectivity index (χ4v) is 5.43. The van der Waals surface area contributed by atoms with Crippen LogP contribution in [0, 0.1) is 0 Å². The molecule has 3 heterocycles. The van der Waals surface area contributed by atoms with Gasteiger partial charge >= 0.3 is 0 Å². The van der Waals surface area contributed by atoms with Crippen LogP contribution in [0.2, 0.25) is 0 Å². The number of benzene rings is 2. The van der Waals surface area contributed by atoms with E-state index in [-0.39, 0.29) is 5.91 Å². The fraction of sp³-hybridized carbons (Fsp3) is 0.208. The number of hydrogen-bond acceptors (Lipinski definition) is 6. The third-order valence-corrected chi connectivity index (χ3v) is 7.47. The zero-order chi connectivity index (χ0) is 21.0. The molecular formula is C24H22N4OS2. The second kappa shape index (κ2) is 9.08. The molecule has 4 aromatic rings. The van der Waals surface area contributed by atoms with E-state index in [9.17, 15) is 4.79 Å². The van der Waals surface area contributed by atoms with E-state index in [1.165, 1.54) is 10.5 Å². The van der Waals surface area contributed by atoms with E-state index in [1.54, 1.807) is 29.3 Å². The molecule has 0 spiro atoms. The molecule has 0 radical (unpaired) electrons. The number of pyridine rings is 1. The van der Waals surface area contributed by atoms with E-state index in [2.05, 4.69) is 39.1 Å². The number of thiazole rings is 1. The van der Waals surface area contributed by atoms with Crippen molar-refractivity contribution in [2.45, 2.75) is 10.6 Å². The van der Waals surface area contributed by atoms with Gasteiger partial charge in [0.1, 0.15) is 10.3 Å². The maximum Gasteiger partial charge on any atom is 0.253 e. The Hall–Kier alpha value is -2.90. The number of carbonyl (C=O) groups is 1. The molecule has 1 saturated heterocycles. The number of anilines is 1. The first-order valence-electron chi connectivity index (χ1n) is 10.3. The number of amides is 1. The summed E-state index contributed by atoms with van der Waals surface area (Å²) >= 11 is 3.40. The van der Waals surface area contributed by atoms with Gasteiger partial charge in [-0.2, -0.15) is 0 Å². The van der Waals surface area contributed by atoms with Gasteiger partial charge in [0, 0.05) is 48.6 Å². The molecule has 1 aliphatic heterocycles. The summed E-state index contributed by atoms with van der Waals surface area (Å²) in [4.78, 5) is 28.3. The molecule has 2 aromatic carbocycles. The third kappa shape index (κ3) is 4.57. The SMILES string of the molecule is O=C(c1ccc(SCc2ccccc2)cc1)N1CCN(c2nc3cccnc3s2)CC1. The van der Waals surface area contributed by atoms with Crippen LogP contribution in [0.5, 0.6) is 0 Å². The molecule has 31 heavy (non-hydrogen) atoms. The summed E-state index contributed by atoms with van der Waals surface area (Å²) in [6.07, 6.45) is 1.80. The normalized spacial score (nSPS) is 14.2. The Kier molecular flexibility index (Phi) is 5.86. The zero-order valence-electron chi connectivity index (χ0n) is 17.0. The molecule has 0 N–H and O–H groups in total. The number of thioether (sulfide) groups is 1. The van der Waals surface area contributed by atoms with Gasteiger partial charge in [-0.3, -0.25) is 4.79 Å². The first kappa shape index (κ1) is 20.0. The van der Waals surface area contributed by atoms with Gasteiger partial charge in [0.2, 0.25) is 0 Å². The van der Waals surface area contributed by atoms with Crippen molar-refractivity contribution in [2.24, 2.45) is 0 Å². The van der Waals surface area contributed by atoms with Crippen molar-refractivity contribution in [3.63, 3.8) is 0 Å². The Bertz CT molecular complexity index is 1140. The van der Waals surface area contributed by atoms with Gasteiger partial charge in [-0.1, -0.05) is 41.7 Å². The standard InChI is InChI=1S/C24H22N4OS2/c29-23(19-8-10-20(11-9-19)30-17-18-5-2-1-3-6-18)27-13-15-28(16-14-27)24-26-21-7-4-12-25-22(21)31-24/h1-12H,13-17H2. The second-order valence-electron chi connectivity index (χ2n) is 7.40. The highest BCUT2D eigenvalue weighted by atomic mass is 32.2. The van der Waals surface area contributed by atoms with Crippen molar-refractivity contribution in [3.8, 4) is 0 Å². The van der Waals surface area contributed by atoms with Crippen LogP contribution < -0.4 is 4.90 Å². The molecule has 156 valence electrons. The fourth-order valence-electron chi connectivity index (χ4n) is 3.61. The zero-order valence-corrected chi connectivity index (χ0v) is 18.6. The summed E-state index contributed by atoms with van der Waals surface area (Å²) in [5.74, 6) is 1.03. The monoisotopic (exact) mass is 446 g/mol. The highest BCUT2D eigenvalue weighted by molar-refractivity contribution is 7.98. The number of aromatic nitrogens is 2. The molecule has 7 heteroatoms. The minimum absolute atomic E-state index is 0.102. The van der Waals surface area contributed by atoms with Crippen molar-refractivity contribution < 1.29 is 4.79 Å². The predicted molar refractivity (Wildman–Crippen MR) is 128 cm³/mol. The van der Waals surface area contributed by atoms with Gasteiger partial charge in [-0.05, 0) is 42.0 Å². The van der Waals surface area contributed by atoms with Crippen LogP contribution in [0.1, 0.15) is 15.9 Å². The van der Waals surface area contributed by atoms with Gasteiger partial charge in [-0.25, -0.2) is 9.97 Å². The lowest BCUT2D eigenvalue weighted by Gasteiger charge is -2.34. The Labute approximate surface area is 189 Å². The van der Waals surface area contributed by atoms with E-state index in [4.69, 9.17) is 0 Å². The van der Waals surface area contributed by atoms with E-state index in [1.807, 2.05) is 47.4 Å². The molecule has 1 fully saturated rings. The number of rotatable bonds is 5. The Morgan fingerprint density at radius 1 is 0.935 bits per heavy atom. The van der Waals surface area contributed by atoms with E-state index in [0.29, 0.717) is 13.1 Å². The summed E-state index contributed by atoms with van der Waals surface area (Å²) in [6.45, 7) is 2.98. The maximum absolute atomic E-state index is 13.0. The molecule has 0 atom stereocenters. The lowest BCUT2D eigenvalue weighted by Crippen LogP contribution is -2.48. The molecule has 0 aliphatic carbocycles. The highest BCUT2D eigenvalue weighted by Crippen LogP contribution is 2.28. The molecule has 2 aromatic heterocycles. The minimum atomic E-state index is 0.102. The number of piperazine rings is 1. The largest absolute Gasteiger partial charge is 0.344 e. The van der Waals surface area contributed by atoms with E-state index >= 15 is 0 Å². The summed E-state index contributed by atoms with van der Waals surface area (Å²) in [6, 6.07) is 22.3. The van der Waals surface area contributed by atoms with Crippen molar-refractivity contribution in [1.82, 2.24) is 14.9 Å². The first-order chi connectivity index (χ1) is 15.3. The second-order valence-corrected chi connectivity index (χ2v) is 9.41. The van der Waals surface area contributed by atoms with Gasteiger partial charge < -0.3 is 9.80 Å².